The summed E-state index contributed by atoms with van der Waals surface area (Å²) in [5.41, 5.74) is 0.0406. The summed E-state index contributed by atoms with van der Waals surface area (Å²) in [7, 11) is 0. The second-order valence-corrected chi connectivity index (χ2v) is 3.02. The minimum atomic E-state index is 0.0406. The Kier molecular flexibility index (Phi) is 3.48. The topological polar surface area (TPSA) is 48.2 Å². The zero-order chi connectivity index (χ0) is 8.04. The van der Waals surface area contributed by atoms with Crippen LogP contribution >= 0.6 is 0 Å². The minimum Gasteiger partial charge on any atom is -0.372 e. The van der Waals surface area contributed by atoms with Crippen molar-refractivity contribution in [1.29, 1.82) is 5.26 Å². The lowest BCUT2D eigenvalue weighted by Crippen LogP contribution is -2.34. The molecule has 0 aromatic carbocycles. The summed E-state index contributed by atoms with van der Waals surface area (Å²) in [6.45, 7) is 6.32. The van der Waals surface area contributed by atoms with E-state index in [2.05, 4.69) is 10.3 Å². The van der Waals surface area contributed by atoms with Crippen LogP contribution in [0.25, 0.3) is 0 Å². The lowest BCUT2D eigenvalue weighted by atomic mass is 10.1. The molecule has 56 valence electrons. The first-order chi connectivity index (χ1) is 4.56. The molecule has 0 saturated carbocycles. The maximum atomic E-state index is 8.10. The van der Waals surface area contributed by atoms with Crippen LogP contribution in [0.15, 0.2) is 4.99 Å². The lowest BCUT2D eigenvalue weighted by Gasteiger charge is -2.17. The summed E-state index contributed by atoms with van der Waals surface area (Å²) >= 11 is 0. The highest BCUT2D eigenvalue weighted by Gasteiger charge is 2.04. The lowest BCUT2D eigenvalue weighted by molar-refractivity contribution is 0.517. The molecule has 0 unspecified atom stereocenters. The second kappa shape index (κ2) is 3.89. The SMILES string of the molecule is CC(C)(C)NC=NCC#N. The average molecular weight is 139 g/mol. The number of hydrogen-bond donors (Lipinski definition) is 1. The van der Waals surface area contributed by atoms with Crippen LogP contribution in [0.2, 0.25) is 0 Å². The van der Waals surface area contributed by atoms with Crippen molar-refractivity contribution in [1.82, 2.24) is 5.32 Å². The van der Waals surface area contributed by atoms with Crippen molar-refractivity contribution >= 4 is 6.34 Å². The fourth-order valence-electron chi connectivity index (χ4n) is 0.326. The van der Waals surface area contributed by atoms with Crippen molar-refractivity contribution in [3.05, 3.63) is 0 Å². The van der Waals surface area contributed by atoms with Crippen LogP contribution in [0.1, 0.15) is 20.8 Å². The van der Waals surface area contributed by atoms with Gasteiger partial charge >= 0.3 is 0 Å². The molecule has 0 heterocycles. The van der Waals surface area contributed by atoms with E-state index in [4.69, 9.17) is 5.26 Å². The van der Waals surface area contributed by atoms with E-state index in [0.717, 1.165) is 0 Å². The van der Waals surface area contributed by atoms with Gasteiger partial charge in [-0.2, -0.15) is 5.26 Å². The number of nitrogens with zero attached hydrogens (tertiary/aromatic N) is 2. The van der Waals surface area contributed by atoms with Gasteiger partial charge in [-0.15, -0.1) is 0 Å². The molecule has 1 N–H and O–H groups in total. The van der Waals surface area contributed by atoms with Gasteiger partial charge in [-0.1, -0.05) is 0 Å². The molecular formula is C7H13N3. The Morgan fingerprint density at radius 1 is 1.60 bits per heavy atom. The second-order valence-electron chi connectivity index (χ2n) is 3.02. The molecule has 0 fully saturated rings. The molecule has 0 aromatic heterocycles. The number of rotatable bonds is 2. The van der Waals surface area contributed by atoms with Gasteiger partial charge in [0.1, 0.15) is 6.54 Å². The predicted octanol–water partition coefficient (Wildman–Crippen LogP) is 0.926. The van der Waals surface area contributed by atoms with Gasteiger partial charge in [-0.25, -0.2) is 0 Å². The van der Waals surface area contributed by atoms with Crippen LogP contribution in [0.4, 0.5) is 0 Å². The highest BCUT2D eigenvalue weighted by molar-refractivity contribution is 5.55. The molecule has 0 rings (SSSR count). The van der Waals surface area contributed by atoms with E-state index < -0.39 is 0 Å². The molecule has 10 heavy (non-hydrogen) atoms. The van der Waals surface area contributed by atoms with Gasteiger partial charge in [0.2, 0.25) is 0 Å². The highest BCUT2D eigenvalue weighted by Crippen LogP contribution is 1.95. The van der Waals surface area contributed by atoms with Crippen molar-refractivity contribution in [3.63, 3.8) is 0 Å². The Morgan fingerprint density at radius 3 is 2.60 bits per heavy atom. The number of nitrogens with one attached hydrogen (secondary N) is 1. The van der Waals surface area contributed by atoms with Crippen molar-refractivity contribution in [3.8, 4) is 6.07 Å². The molecule has 0 spiro atoms. The molecule has 0 aliphatic carbocycles. The summed E-state index contributed by atoms with van der Waals surface area (Å²) < 4.78 is 0. The van der Waals surface area contributed by atoms with Gasteiger partial charge in [0.15, 0.2) is 0 Å². The van der Waals surface area contributed by atoms with E-state index in [1.807, 2.05) is 26.8 Å². The van der Waals surface area contributed by atoms with E-state index in [0.29, 0.717) is 0 Å². The molecule has 3 heteroatoms. The highest BCUT2D eigenvalue weighted by atomic mass is 15.0. The van der Waals surface area contributed by atoms with Crippen molar-refractivity contribution < 1.29 is 0 Å². The molecule has 0 radical (unpaired) electrons. The zero-order valence-corrected chi connectivity index (χ0v) is 6.68. The monoisotopic (exact) mass is 139 g/mol. The third kappa shape index (κ3) is 6.96. The normalized spacial score (nSPS) is 11.4. The van der Waals surface area contributed by atoms with Gasteiger partial charge in [0.05, 0.1) is 12.4 Å². The van der Waals surface area contributed by atoms with Crippen molar-refractivity contribution in [2.75, 3.05) is 6.54 Å². The van der Waals surface area contributed by atoms with E-state index in [1.165, 1.54) is 0 Å². The Hall–Kier alpha value is -1.04. The van der Waals surface area contributed by atoms with Gasteiger partial charge in [-0.3, -0.25) is 4.99 Å². The van der Waals surface area contributed by atoms with Gasteiger partial charge < -0.3 is 5.32 Å². The first-order valence-electron chi connectivity index (χ1n) is 3.19. The Labute approximate surface area is 61.8 Å². The first kappa shape index (κ1) is 8.96. The molecule has 0 amide bonds. The summed E-state index contributed by atoms with van der Waals surface area (Å²) in [5, 5.41) is 11.1. The largest absolute Gasteiger partial charge is 0.372 e. The van der Waals surface area contributed by atoms with E-state index in [9.17, 15) is 0 Å². The number of aliphatic imine (C=N–C) groups is 1. The maximum Gasteiger partial charge on any atom is 0.127 e. The molecule has 0 aliphatic rings. The fourth-order valence-corrected chi connectivity index (χ4v) is 0.326. The predicted molar refractivity (Wildman–Crippen MR) is 41.9 cm³/mol. The van der Waals surface area contributed by atoms with E-state index in [1.54, 1.807) is 6.34 Å². The number of hydrogen-bond acceptors (Lipinski definition) is 2. The molecule has 0 aliphatic heterocycles. The third-order valence-electron chi connectivity index (χ3n) is 0.751. The zero-order valence-electron chi connectivity index (χ0n) is 6.68. The quantitative estimate of drug-likeness (QED) is 0.351. The summed E-state index contributed by atoms with van der Waals surface area (Å²) in [5.74, 6) is 0. The van der Waals surface area contributed by atoms with Crippen molar-refractivity contribution in [2.45, 2.75) is 26.3 Å². The van der Waals surface area contributed by atoms with Gasteiger partial charge in [-0.05, 0) is 20.8 Å². The van der Waals surface area contributed by atoms with Crippen LogP contribution in [0.5, 0.6) is 0 Å². The molecule has 0 aromatic rings. The van der Waals surface area contributed by atoms with Gasteiger partial charge in [0, 0.05) is 5.54 Å². The fraction of sp³-hybridized carbons (Fsp3) is 0.714. The molecule has 0 saturated heterocycles. The van der Waals surface area contributed by atoms with E-state index in [-0.39, 0.29) is 12.1 Å². The summed E-state index contributed by atoms with van der Waals surface area (Å²) in [6.07, 6.45) is 1.57. The smallest absolute Gasteiger partial charge is 0.127 e. The molecule has 0 bridgehead atoms. The Bertz CT molecular complexity index is 147. The molecule has 0 atom stereocenters. The standard InChI is InChI=1S/C7H13N3/c1-7(2,3)10-6-9-5-4-8/h6H,5H2,1-3H3,(H,9,10). The summed E-state index contributed by atoms with van der Waals surface area (Å²) in [4.78, 5) is 3.78. The first-order valence-corrected chi connectivity index (χ1v) is 3.19. The van der Waals surface area contributed by atoms with Crippen LogP contribution in [0, 0.1) is 11.3 Å². The third-order valence-corrected chi connectivity index (χ3v) is 0.751. The summed E-state index contributed by atoms with van der Waals surface area (Å²) in [6, 6.07) is 1.92. The maximum absolute atomic E-state index is 8.10. The van der Waals surface area contributed by atoms with Crippen molar-refractivity contribution in [2.24, 2.45) is 4.99 Å². The van der Waals surface area contributed by atoms with Crippen LogP contribution in [-0.2, 0) is 0 Å². The number of nitriles is 1. The van der Waals surface area contributed by atoms with Crippen LogP contribution in [0.3, 0.4) is 0 Å². The average Bonchev–Trinajstić information content (AvgIpc) is 1.78. The minimum absolute atomic E-state index is 0.0406. The van der Waals surface area contributed by atoms with Gasteiger partial charge in [0.25, 0.3) is 0 Å². The molecule has 3 nitrogen and oxygen atoms in total. The molecular weight excluding hydrogens is 126 g/mol. The van der Waals surface area contributed by atoms with E-state index >= 15 is 0 Å². The van der Waals surface area contributed by atoms with Crippen LogP contribution < -0.4 is 5.32 Å². The Morgan fingerprint density at radius 2 is 2.20 bits per heavy atom. The Balaban J connectivity index is 3.46. The van der Waals surface area contributed by atoms with Crippen LogP contribution in [-0.4, -0.2) is 18.4 Å².